The SMILES string of the molecule is C=C(OC)C(C)(N)C(C)=O. The number of nitrogens with two attached hydrogens (primary N) is 1. The van der Waals surface area contributed by atoms with Gasteiger partial charge in [-0.05, 0) is 13.8 Å². The molecule has 0 spiro atoms. The Hall–Kier alpha value is -0.830. The first-order chi connectivity index (χ1) is 4.42. The number of rotatable bonds is 3. The van der Waals surface area contributed by atoms with Crippen LogP contribution >= 0.6 is 0 Å². The van der Waals surface area contributed by atoms with E-state index in [1.165, 1.54) is 14.0 Å². The van der Waals surface area contributed by atoms with Crippen molar-refractivity contribution in [2.24, 2.45) is 5.73 Å². The molecule has 10 heavy (non-hydrogen) atoms. The second kappa shape index (κ2) is 2.84. The van der Waals surface area contributed by atoms with Crippen molar-refractivity contribution in [3.63, 3.8) is 0 Å². The number of Topliss-reactive ketones (excluding diaryl/α,β-unsaturated/α-hetero) is 1. The minimum absolute atomic E-state index is 0.153. The summed E-state index contributed by atoms with van der Waals surface area (Å²) >= 11 is 0. The van der Waals surface area contributed by atoms with Crippen molar-refractivity contribution in [1.82, 2.24) is 0 Å². The average molecular weight is 143 g/mol. The number of ketones is 1. The van der Waals surface area contributed by atoms with Crippen molar-refractivity contribution in [1.29, 1.82) is 0 Å². The van der Waals surface area contributed by atoms with Crippen molar-refractivity contribution in [3.8, 4) is 0 Å². The van der Waals surface area contributed by atoms with Gasteiger partial charge in [-0.3, -0.25) is 4.79 Å². The summed E-state index contributed by atoms with van der Waals surface area (Å²) in [4.78, 5) is 10.8. The Balaban J connectivity index is 4.40. The lowest BCUT2D eigenvalue weighted by Crippen LogP contribution is -2.45. The molecule has 1 atom stereocenters. The molecule has 0 rings (SSSR count). The van der Waals surface area contributed by atoms with E-state index in [-0.39, 0.29) is 5.78 Å². The Labute approximate surface area is 60.9 Å². The largest absolute Gasteiger partial charge is 0.499 e. The van der Waals surface area contributed by atoms with Crippen LogP contribution in [0.2, 0.25) is 0 Å². The third kappa shape index (κ3) is 1.57. The van der Waals surface area contributed by atoms with Crippen LogP contribution in [0.4, 0.5) is 0 Å². The molecule has 0 heterocycles. The quantitative estimate of drug-likeness (QED) is 0.584. The molecule has 0 saturated carbocycles. The first-order valence-electron chi connectivity index (χ1n) is 2.96. The second-order valence-corrected chi connectivity index (χ2v) is 2.39. The molecular weight excluding hydrogens is 130 g/mol. The third-order valence-corrected chi connectivity index (χ3v) is 1.56. The second-order valence-electron chi connectivity index (χ2n) is 2.39. The number of methoxy groups -OCH3 is 1. The summed E-state index contributed by atoms with van der Waals surface area (Å²) in [6.07, 6.45) is 0. The highest BCUT2D eigenvalue weighted by Gasteiger charge is 2.28. The fraction of sp³-hybridized carbons (Fsp3) is 0.571. The zero-order valence-electron chi connectivity index (χ0n) is 6.60. The van der Waals surface area contributed by atoms with Gasteiger partial charge in [-0.15, -0.1) is 0 Å². The van der Waals surface area contributed by atoms with Crippen LogP contribution in [0.25, 0.3) is 0 Å². The smallest absolute Gasteiger partial charge is 0.157 e. The summed E-state index contributed by atoms with van der Waals surface area (Å²) in [5, 5.41) is 0. The van der Waals surface area contributed by atoms with E-state index in [0.717, 1.165) is 0 Å². The Kier molecular flexibility index (Phi) is 2.60. The monoisotopic (exact) mass is 143 g/mol. The van der Waals surface area contributed by atoms with Gasteiger partial charge < -0.3 is 10.5 Å². The van der Waals surface area contributed by atoms with Gasteiger partial charge in [-0.2, -0.15) is 0 Å². The van der Waals surface area contributed by atoms with Crippen molar-refractivity contribution in [3.05, 3.63) is 12.3 Å². The number of ether oxygens (including phenoxy) is 1. The first kappa shape index (κ1) is 9.17. The van der Waals surface area contributed by atoms with Gasteiger partial charge >= 0.3 is 0 Å². The molecular formula is C7H13NO2. The summed E-state index contributed by atoms with van der Waals surface area (Å²) in [5.74, 6) is 0.138. The Morgan fingerprint density at radius 1 is 1.70 bits per heavy atom. The average Bonchev–Trinajstić information content (AvgIpc) is 1.86. The van der Waals surface area contributed by atoms with E-state index < -0.39 is 5.54 Å². The molecule has 3 heteroatoms. The molecule has 0 aromatic heterocycles. The predicted molar refractivity (Wildman–Crippen MR) is 39.4 cm³/mol. The van der Waals surface area contributed by atoms with Crippen LogP contribution in [0, 0.1) is 0 Å². The zero-order valence-corrected chi connectivity index (χ0v) is 6.60. The molecule has 1 unspecified atom stereocenters. The van der Waals surface area contributed by atoms with Gasteiger partial charge in [0.05, 0.1) is 7.11 Å². The van der Waals surface area contributed by atoms with E-state index in [9.17, 15) is 4.79 Å². The Morgan fingerprint density at radius 3 is 2.20 bits per heavy atom. The predicted octanol–water partition coefficient (Wildman–Crippen LogP) is 0.453. The summed E-state index contributed by atoms with van der Waals surface area (Å²) < 4.78 is 4.74. The number of carbonyl (C=O) groups excluding carboxylic acids is 1. The molecule has 0 fully saturated rings. The maximum Gasteiger partial charge on any atom is 0.157 e. The van der Waals surface area contributed by atoms with E-state index in [4.69, 9.17) is 10.5 Å². The number of carbonyl (C=O) groups is 1. The van der Waals surface area contributed by atoms with Crippen LogP contribution in [0.1, 0.15) is 13.8 Å². The fourth-order valence-electron chi connectivity index (χ4n) is 0.408. The highest BCUT2D eigenvalue weighted by atomic mass is 16.5. The van der Waals surface area contributed by atoms with Crippen molar-refractivity contribution < 1.29 is 9.53 Å². The first-order valence-corrected chi connectivity index (χ1v) is 2.96. The van der Waals surface area contributed by atoms with E-state index in [0.29, 0.717) is 5.76 Å². The maximum atomic E-state index is 10.8. The molecule has 0 radical (unpaired) electrons. The van der Waals surface area contributed by atoms with Gasteiger partial charge in [0.2, 0.25) is 0 Å². The van der Waals surface area contributed by atoms with Gasteiger partial charge in [0.1, 0.15) is 11.3 Å². The standard InChI is InChI=1S/C7H13NO2/c1-5(9)7(3,8)6(2)10-4/h2,8H2,1,3-4H3. The fourth-order valence-corrected chi connectivity index (χ4v) is 0.408. The Morgan fingerprint density at radius 2 is 2.10 bits per heavy atom. The van der Waals surface area contributed by atoms with Gasteiger partial charge in [-0.25, -0.2) is 0 Å². The van der Waals surface area contributed by atoms with Crippen molar-refractivity contribution in [2.75, 3.05) is 7.11 Å². The van der Waals surface area contributed by atoms with Crippen LogP contribution in [-0.4, -0.2) is 18.4 Å². The molecule has 0 aromatic rings. The van der Waals surface area contributed by atoms with Crippen molar-refractivity contribution >= 4 is 5.78 Å². The number of hydrogen-bond acceptors (Lipinski definition) is 3. The normalized spacial score (nSPS) is 15.6. The molecule has 3 nitrogen and oxygen atoms in total. The number of hydrogen-bond donors (Lipinski definition) is 1. The lowest BCUT2D eigenvalue weighted by Gasteiger charge is -2.21. The van der Waals surface area contributed by atoms with Crippen LogP contribution in [0.15, 0.2) is 12.3 Å². The lowest BCUT2D eigenvalue weighted by atomic mass is 9.97. The zero-order chi connectivity index (χ0) is 8.36. The molecule has 0 aliphatic rings. The molecule has 2 N–H and O–H groups in total. The maximum absolute atomic E-state index is 10.8. The molecule has 0 aliphatic heterocycles. The van der Waals surface area contributed by atoms with Crippen LogP contribution < -0.4 is 5.73 Å². The van der Waals surface area contributed by atoms with Gasteiger partial charge in [0.25, 0.3) is 0 Å². The molecule has 0 bridgehead atoms. The van der Waals surface area contributed by atoms with Gasteiger partial charge in [0.15, 0.2) is 5.78 Å². The molecule has 0 saturated heterocycles. The van der Waals surface area contributed by atoms with Crippen molar-refractivity contribution in [2.45, 2.75) is 19.4 Å². The minimum Gasteiger partial charge on any atom is -0.499 e. The summed E-state index contributed by atoms with van der Waals surface area (Å²) in [6, 6.07) is 0. The van der Waals surface area contributed by atoms with Gasteiger partial charge in [0, 0.05) is 0 Å². The summed E-state index contributed by atoms with van der Waals surface area (Å²) in [6.45, 7) is 6.48. The topological polar surface area (TPSA) is 52.3 Å². The molecule has 0 amide bonds. The van der Waals surface area contributed by atoms with E-state index >= 15 is 0 Å². The molecule has 0 aliphatic carbocycles. The van der Waals surface area contributed by atoms with Gasteiger partial charge in [-0.1, -0.05) is 6.58 Å². The highest BCUT2D eigenvalue weighted by molar-refractivity contribution is 5.88. The van der Waals surface area contributed by atoms with E-state index in [2.05, 4.69) is 6.58 Å². The minimum atomic E-state index is -1.05. The summed E-state index contributed by atoms with van der Waals surface area (Å²) in [5.41, 5.74) is 4.49. The van der Waals surface area contributed by atoms with Crippen LogP contribution in [0.5, 0.6) is 0 Å². The van der Waals surface area contributed by atoms with E-state index in [1.54, 1.807) is 6.92 Å². The van der Waals surface area contributed by atoms with Crippen LogP contribution in [-0.2, 0) is 9.53 Å². The lowest BCUT2D eigenvalue weighted by molar-refractivity contribution is -0.121. The van der Waals surface area contributed by atoms with Crippen LogP contribution in [0.3, 0.4) is 0 Å². The molecule has 0 aromatic carbocycles. The highest BCUT2D eigenvalue weighted by Crippen LogP contribution is 2.12. The molecule has 58 valence electrons. The van der Waals surface area contributed by atoms with E-state index in [1.807, 2.05) is 0 Å². The Bertz CT molecular complexity index is 161. The summed E-state index contributed by atoms with van der Waals surface area (Å²) in [7, 11) is 1.44. The third-order valence-electron chi connectivity index (χ3n) is 1.56.